The largest absolute Gasteiger partial charge is 0.326 e. The van der Waals surface area contributed by atoms with Crippen molar-refractivity contribution in [2.75, 3.05) is 34.7 Å². The monoisotopic (exact) mass is 363 g/mol. The van der Waals surface area contributed by atoms with Crippen LogP contribution in [0.25, 0.3) is 0 Å². The molecule has 0 aromatic heterocycles. The first-order valence-corrected chi connectivity index (χ1v) is 10.4. The van der Waals surface area contributed by atoms with Crippen LogP contribution < -0.4 is 14.3 Å². The molecule has 1 amide bonds. The van der Waals surface area contributed by atoms with Gasteiger partial charge in [-0.25, -0.2) is 21.6 Å². The molecule has 0 radical (unpaired) electrons. The van der Waals surface area contributed by atoms with Crippen molar-refractivity contribution in [3.05, 3.63) is 24.3 Å². The van der Waals surface area contributed by atoms with Crippen molar-refractivity contribution in [3.8, 4) is 0 Å². The molecule has 0 spiro atoms. The van der Waals surface area contributed by atoms with E-state index < -0.39 is 20.0 Å². The molecule has 0 saturated heterocycles. The fraction of sp³-hybridized carbons (Fsp3) is 0.462. The minimum atomic E-state index is -3.57. The van der Waals surface area contributed by atoms with Crippen LogP contribution in [0, 0.1) is 0 Å². The second kappa shape index (κ2) is 7.75. The van der Waals surface area contributed by atoms with E-state index in [9.17, 15) is 21.6 Å². The number of carbonyl (C=O) groups excluding carboxylic acids is 1. The van der Waals surface area contributed by atoms with Crippen molar-refractivity contribution in [1.29, 1.82) is 0 Å². The maximum atomic E-state index is 11.9. The molecular formula is C13H21N3O5S2. The van der Waals surface area contributed by atoms with Crippen LogP contribution in [-0.4, -0.2) is 47.8 Å². The molecule has 0 atom stereocenters. The van der Waals surface area contributed by atoms with Gasteiger partial charge in [0.25, 0.3) is 0 Å². The van der Waals surface area contributed by atoms with Gasteiger partial charge in [-0.15, -0.1) is 0 Å². The summed E-state index contributed by atoms with van der Waals surface area (Å²) < 4.78 is 50.0. The number of anilines is 2. The molecule has 10 heteroatoms. The topological polar surface area (TPSA) is 113 Å². The SMILES string of the molecule is CCS(=O)(=O)NCCN(c1ccc(NC(C)=O)cc1)S(C)(=O)=O. The molecule has 1 aromatic rings. The average molecular weight is 363 g/mol. The molecular weight excluding hydrogens is 342 g/mol. The van der Waals surface area contributed by atoms with E-state index in [4.69, 9.17) is 0 Å². The normalized spacial score (nSPS) is 12.0. The Balaban J connectivity index is 2.89. The summed E-state index contributed by atoms with van der Waals surface area (Å²) in [4.78, 5) is 11.0. The summed E-state index contributed by atoms with van der Waals surface area (Å²) in [6.45, 7) is 2.81. The standard InChI is InChI=1S/C13H21N3O5S2/c1-4-23(20,21)14-9-10-16(22(3,18)19)13-7-5-12(6-8-13)15-11(2)17/h5-8,14H,4,9-10H2,1-3H3,(H,15,17). The molecule has 23 heavy (non-hydrogen) atoms. The van der Waals surface area contributed by atoms with E-state index in [1.807, 2.05) is 0 Å². The van der Waals surface area contributed by atoms with Crippen LogP contribution in [0.4, 0.5) is 11.4 Å². The summed E-state index contributed by atoms with van der Waals surface area (Å²) >= 11 is 0. The third-order valence-electron chi connectivity index (χ3n) is 2.89. The fourth-order valence-corrected chi connectivity index (χ4v) is 3.34. The molecule has 1 rings (SSSR count). The van der Waals surface area contributed by atoms with Gasteiger partial charge in [-0.1, -0.05) is 0 Å². The number of carbonyl (C=O) groups is 1. The molecule has 8 nitrogen and oxygen atoms in total. The number of sulfonamides is 2. The van der Waals surface area contributed by atoms with Gasteiger partial charge in [-0.3, -0.25) is 9.10 Å². The first kappa shape index (κ1) is 19.4. The highest BCUT2D eigenvalue weighted by atomic mass is 32.2. The van der Waals surface area contributed by atoms with Gasteiger partial charge in [0.2, 0.25) is 26.0 Å². The van der Waals surface area contributed by atoms with Crippen LogP contribution in [-0.2, 0) is 24.8 Å². The second-order valence-corrected chi connectivity index (χ2v) is 8.86. The number of hydrogen-bond acceptors (Lipinski definition) is 5. The van der Waals surface area contributed by atoms with E-state index in [0.717, 1.165) is 10.6 Å². The smallest absolute Gasteiger partial charge is 0.232 e. The maximum Gasteiger partial charge on any atom is 0.232 e. The molecule has 0 aliphatic heterocycles. The maximum absolute atomic E-state index is 11.9. The van der Waals surface area contributed by atoms with E-state index in [0.29, 0.717) is 11.4 Å². The van der Waals surface area contributed by atoms with Crippen LogP contribution in [0.5, 0.6) is 0 Å². The lowest BCUT2D eigenvalue weighted by Gasteiger charge is -2.22. The average Bonchev–Trinajstić information content (AvgIpc) is 2.43. The van der Waals surface area contributed by atoms with E-state index in [1.165, 1.54) is 13.8 Å². The minimum absolute atomic E-state index is 0.0302. The van der Waals surface area contributed by atoms with Gasteiger partial charge in [0, 0.05) is 25.7 Å². The summed E-state index contributed by atoms with van der Waals surface area (Å²) in [6, 6.07) is 6.23. The van der Waals surface area contributed by atoms with Crippen molar-refractivity contribution in [3.63, 3.8) is 0 Å². The second-order valence-electron chi connectivity index (χ2n) is 4.86. The van der Waals surface area contributed by atoms with Crippen LogP contribution >= 0.6 is 0 Å². The van der Waals surface area contributed by atoms with Crippen molar-refractivity contribution in [1.82, 2.24) is 4.72 Å². The molecule has 2 N–H and O–H groups in total. The Labute approximate surface area is 137 Å². The summed E-state index contributed by atoms with van der Waals surface area (Å²) in [6.07, 6.45) is 1.04. The Morgan fingerprint density at radius 2 is 1.70 bits per heavy atom. The molecule has 0 aliphatic rings. The Bertz CT molecular complexity index is 742. The van der Waals surface area contributed by atoms with Gasteiger partial charge in [0.05, 0.1) is 17.7 Å². The Kier molecular flexibility index (Phi) is 6.54. The zero-order valence-electron chi connectivity index (χ0n) is 13.2. The van der Waals surface area contributed by atoms with E-state index >= 15 is 0 Å². The summed E-state index contributed by atoms with van der Waals surface area (Å²) in [5.41, 5.74) is 0.929. The third kappa shape index (κ3) is 6.55. The van der Waals surface area contributed by atoms with Crippen LogP contribution in [0.2, 0.25) is 0 Å². The number of nitrogens with one attached hydrogen (secondary N) is 2. The Morgan fingerprint density at radius 3 is 2.13 bits per heavy atom. The molecule has 0 unspecified atom stereocenters. The van der Waals surface area contributed by atoms with E-state index in [2.05, 4.69) is 10.0 Å². The van der Waals surface area contributed by atoms with Gasteiger partial charge in [0.1, 0.15) is 0 Å². The Morgan fingerprint density at radius 1 is 1.13 bits per heavy atom. The van der Waals surface area contributed by atoms with Gasteiger partial charge in [-0.2, -0.15) is 0 Å². The van der Waals surface area contributed by atoms with Crippen molar-refractivity contribution < 1.29 is 21.6 Å². The molecule has 0 aliphatic carbocycles. The highest BCUT2D eigenvalue weighted by Gasteiger charge is 2.18. The molecule has 0 saturated carbocycles. The fourth-order valence-electron chi connectivity index (χ4n) is 1.81. The number of hydrogen-bond donors (Lipinski definition) is 2. The third-order valence-corrected chi connectivity index (χ3v) is 5.49. The molecule has 0 heterocycles. The number of rotatable bonds is 8. The lowest BCUT2D eigenvalue weighted by atomic mass is 10.2. The highest BCUT2D eigenvalue weighted by molar-refractivity contribution is 7.92. The molecule has 1 aromatic carbocycles. The van der Waals surface area contributed by atoms with Gasteiger partial charge in [0.15, 0.2) is 0 Å². The predicted molar refractivity (Wildman–Crippen MR) is 90.4 cm³/mol. The zero-order valence-corrected chi connectivity index (χ0v) is 14.9. The number of nitrogens with zero attached hydrogens (tertiary/aromatic N) is 1. The summed E-state index contributed by atoms with van der Waals surface area (Å²) in [5, 5.41) is 2.58. The quantitative estimate of drug-likeness (QED) is 0.692. The zero-order chi connectivity index (χ0) is 17.7. The molecule has 130 valence electrons. The lowest BCUT2D eigenvalue weighted by molar-refractivity contribution is -0.114. The predicted octanol–water partition coefficient (Wildman–Crippen LogP) is 0.350. The van der Waals surface area contributed by atoms with Gasteiger partial charge >= 0.3 is 0 Å². The first-order chi connectivity index (χ1) is 10.5. The minimum Gasteiger partial charge on any atom is -0.326 e. The lowest BCUT2D eigenvalue weighted by Crippen LogP contribution is -2.38. The van der Waals surface area contributed by atoms with Gasteiger partial charge in [-0.05, 0) is 31.2 Å². The Hall–Kier alpha value is -1.65. The summed E-state index contributed by atoms with van der Waals surface area (Å²) in [7, 11) is -6.95. The molecule has 0 fully saturated rings. The van der Waals surface area contributed by atoms with Crippen molar-refractivity contribution >= 4 is 37.3 Å². The van der Waals surface area contributed by atoms with E-state index in [-0.39, 0.29) is 24.7 Å². The van der Waals surface area contributed by atoms with Crippen LogP contribution in [0.1, 0.15) is 13.8 Å². The van der Waals surface area contributed by atoms with Crippen LogP contribution in [0.3, 0.4) is 0 Å². The first-order valence-electron chi connectivity index (χ1n) is 6.88. The highest BCUT2D eigenvalue weighted by Crippen LogP contribution is 2.20. The summed E-state index contributed by atoms with van der Waals surface area (Å²) in [5.74, 6) is -0.302. The van der Waals surface area contributed by atoms with Crippen molar-refractivity contribution in [2.45, 2.75) is 13.8 Å². The van der Waals surface area contributed by atoms with Gasteiger partial charge < -0.3 is 5.32 Å². The number of amides is 1. The van der Waals surface area contributed by atoms with Crippen LogP contribution in [0.15, 0.2) is 24.3 Å². The molecule has 0 bridgehead atoms. The van der Waals surface area contributed by atoms with E-state index in [1.54, 1.807) is 24.3 Å². The number of benzene rings is 1. The van der Waals surface area contributed by atoms with Crippen molar-refractivity contribution in [2.24, 2.45) is 0 Å².